The summed E-state index contributed by atoms with van der Waals surface area (Å²) >= 11 is 0. The molecule has 2 heterocycles. The summed E-state index contributed by atoms with van der Waals surface area (Å²) in [5.74, 6) is 0. The van der Waals surface area contributed by atoms with E-state index < -0.39 is 0 Å². The van der Waals surface area contributed by atoms with E-state index in [9.17, 15) is 0 Å². The van der Waals surface area contributed by atoms with Crippen molar-refractivity contribution in [2.75, 3.05) is 33.0 Å². The average molecular weight is 293 g/mol. The van der Waals surface area contributed by atoms with E-state index in [0.29, 0.717) is 19.8 Å². The van der Waals surface area contributed by atoms with Gasteiger partial charge in [0.1, 0.15) is 12.2 Å². The maximum absolute atomic E-state index is 6.27. The second-order valence-electron chi connectivity index (χ2n) is 5.66. The van der Waals surface area contributed by atoms with Gasteiger partial charge in [-0.15, -0.1) is 0 Å². The van der Waals surface area contributed by atoms with Gasteiger partial charge in [-0.1, -0.05) is 30.3 Å². The highest BCUT2D eigenvalue weighted by Gasteiger charge is 2.27. The average Bonchev–Trinajstić information content (AvgIpc) is 3.39. The van der Waals surface area contributed by atoms with Crippen LogP contribution in [0, 0.1) is 0 Å². The van der Waals surface area contributed by atoms with Crippen LogP contribution in [0.5, 0.6) is 0 Å². The largest absolute Gasteiger partial charge is 0.376 e. The minimum absolute atomic E-state index is 0.0110. The zero-order valence-electron chi connectivity index (χ0n) is 12.1. The molecule has 0 aliphatic carbocycles. The molecule has 2 aliphatic rings. The number of hydrogen-bond acceptors (Lipinski definition) is 5. The lowest BCUT2D eigenvalue weighted by Gasteiger charge is -2.21. The zero-order valence-corrected chi connectivity index (χ0v) is 12.1. The first-order chi connectivity index (χ1) is 10.3. The van der Waals surface area contributed by atoms with Crippen LogP contribution >= 0.6 is 0 Å². The number of rotatable bonds is 10. The van der Waals surface area contributed by atoms with Crippen LogP contribution in [-0.2, 0) is 18.9 Å². The van der Waals surface area contributed by atoms with E-state index in [0.717, 1.165) is 25.2 Å². The summed E-state index contributed by atoms with van der Waals surface area (Å²) in [5, 5.41) is 0. The highest BCUT2D eigenvalue weighted by molar-refractivity contribution is 5.18. The molecule has 0 radical (unpaired) electrons. The summed E-state index contributed by atoms with van der Waals surface area (Å²) < 4.78 is 21.9. The molecule has 3 rings (SSSR count). The molecule has 2 fully saturated rings. The second-order valence-corrected chi connectivity index (χ2v) is 5.66. The van der Waals surface area contributed by atoms with Gasteiger partial charge in [0.25, 0.3) is 0 Å². The van der Waals surface area contributed by atoms with Crippen molar-refractivity contribution in [2.45, 2.75) is 30.8 Å². The van der Waals surface area contributed by atoms with Crippen molar-refractivity contribution in [3.05, 3.63) is 35.9 Å². The van der Waals surface area contributed by atoms with E-state index in [1.807, 2.05) is 30.3 Å². The molecule has 21 heavy (non-hydrogen) atoms. The highest BCUT2D eigenvalue weighted by Crippen LogP contribution is 2.19. The number of benzene rings is 1. The predicted molar refractivity (Wildman–Crippen MR) is 78.0 cm³/mol. The van der Waals surface area contributed by atoms with Crippen LogP contribution in [0.3, 0.4) is 0 Å². The van der Waals surface area contributed by atoms with Crippen molar-refractivity contribution in [3.63, 3.8) is 0 Å². The van der Waals surface area contributed by atoms with Crippen LogP contribution in [0.2, 0.25) is 0 Å². The third-order valence-corrected chi connectivity index (χ3v) is 3.67. The molecule has 116 valence electrons. The third kappa shape index (κ3) is 5.37. The fourth-order valence-corrected chi connectivity index (χ4v) is 2.21. The molecule has 0 bridgehead atoms. The summed E-state index contributed by atoms with van der Waals surface area (Å²) in [5.41, 5.74) is 7.39. The maximum atomic E-state index is 6.27. The van der Waals surface area contributed by atoms with Crippen molar-refractivity contribution < 1.29 is 18.9 Å². The molecule has 0 aromatic heterocycles. The normalized spacial score (nSPS) is 26.3. The summed E-state index contributed by atoms with van der Waals surface area (Å²) in [4.78, 5) is 0. The molecule has 1 aromatic rings. The topological polar surface area (TPSA) is 69.5 Å². The second kappa shape index (κ2) is 7.33. The molecule has 4 unspecified atom stereocenters. The van der Waals surface area contributed by atoms with Gasteiger partial charge in [0, 0.05) is 6.04 Å². The molecule has 5 nitrogen and oxygen atoms in total. The Bertz CT molecular complexity index is 420. The van der Waals surface area contributed by atoms with Gasteiger partial charge >= 0.3 is 0 Å². The summed E-state index contributed by atoms with van der Waals surface area (Å²) in [7, 11) is 0. The third-order valence-electron chi connectivity index (χ3n) is 3.67. The minimum atomic E-state index is -0.0444. The predicted octanol–water partition coefficient (Wildman–Crippen LogP) is 1.28. The van der Waals surface area contributed by atoms with Crippen LogP contribution in [0.15, 0.2) is 30.3 Å². The summed E-state index contributed by atoms with van der Waals surface area (Å²) in [6.45, 7) is 3.42. The standard InChI is InChI=1S/C16H23NO4/c17-16(12-4-2-1-3-5-12)6-13(19-10-15-11-21-15)7-18-8-14-9-20-14/h1-5,13-16H,6-11,17H2. The van der Waals surface area contributed by atoms with Crippen molar-refractivity contribution in [1.82, 2.24) is 0 Å². The Morgan fingerprint density at radius 2 is 1.76 bits per heavy atom. The Kier molecular flexibility index (Phi) is 5.22. The Labute approximate surface area is 125 Å². The van der Waals surface area contributed by atoms with E-state index in [2.05, 4.69) is 0 Å². The van der Waals surface area contributed by atoms with Gasteiger partial charge in [-0.25, -0.2) is 0 Å². The zero-order chi connectivity index (χ0) is 14.5. The molecule has 2 aliphatic heterocycles. The van der Waals surface area contributed by atoms with Crippen LogP contribution in [0.25, 0.3) is 0 Å². The fraction of sp³-hybridized carbons (Fsp3) is 0.625. The van der Waals surface area contributed by atoms with Crippen LogP contribution in [-0.4, -0.2) is 51.3 Å². The molecular weight excluding hydrogens is 270 g/mol. The van der Waals surface area contributed by atoms with Crippen LogP contribution in [0.4, 0.5) is 0 Å². The fourth-order valence-electron chi connectivity index (χ4n) is 2.21. The molecule has 4 atom stereocenters. The molecule has 0 saturated carbocycles. The number of epoxide rings is 2. The first-order valence-electron chi connectivity index (χ1n) is 7.54. The van der Waals surface area contributed by atoms with Gasteiger partial charge in [-0.2, -0.15) is 0 Å². The van der Waals surface area contributed by atoms with Gasteiger partial charge in [-0.3, -0.25) is 0 Å². The van der Waals surface area contributed by atoms with E-state index in [4.69, 9.17) is 24.7 Å². The first kappa shape index (κ1) is 14.9. The Hall–Kier alpha value is -0.980. The monoisotopic (exact) mass is 293 g/mol. The molecule has 1 aromatic carbocycles. The van der Waals surface area contributed by atoms with E-state index >= 15 is 0 Å². The summed E-state index contributed by atoms with van der Waals surface area (Å²) in [6.07, 6.45) is 1.26. The lowest BCUT2D eigenvalue weighted by molar-refractivity contribution is -0.0306. The van der Waals surface area contributed by atoms with Gasteiger partial charge in [0.05, 0.1) is 39.1 Å². The highest BCUT2D eigenvalue weighted by atomic mass is 16.6. The van der Waals surface area contributed by atoms with Crippen LogP contribution in [0.1, 0.15) is 18.0 Å². The summed E-state index contributed by atoms with van der Waals surface area (Å²) in [6, 6.07) is 10.0. The van der Waals surface area contributed by atoms with Gasteiger partial charge in [0.15, 0.2) is 0 Å². The maximum Gasteiger partial charge on any atom is 0.104 e. The Morgan fingerprint density at radius 1 is 1.10 bits per heavy atom. The molecule has 2 N–H and O–H groups in total. The lowest BCUT2D eigenvalue weighted by Crippen LogP contribution is -2.28. The Balaban J connectivity index is 1.46. The molecule has 2 saturated heterocycles. The number of hydrogen-bond donors (Lipinski definition) is 1. The lowest BCUT2D eigenvalue weighted by atomic mass is 10.0. The number of nitrogens with two attached hydrogens (primary N) is 1. The van der Waals surface area contributed by atoms with Crippen molar-refractivity contribution in [2.24, 2.45) is 5.73 Å². The quantitative estimate of drug-likeness (QED) is 0.658. The van der Waals surface area contributed by atoms with E-state index in [1.165, 1.54) is 0 Å². The molecule has 0 amide bonds. The van der Waals surface area contributed by atoms with Gasteiger partial charge in [0.2, 0.25) is 0 Å². The first-order valence-corrected chi connectivity index (χ1v) is 7.54. The SMILES string of the molecule is NC(CC(COCC1CO1)OCC1CO1)c1ccccc1. The minimum Gasteiger partial charge on any atom is -0.376 e. The van der Waals surface area contributed by atoms with Crippen molar-refractivity contribution >= 4 is 0 Å². The molecule has 0 spiro atoms. The van der Waals surface area contributed by atoms with E-state index in [-0.39, 0.29) is 24.4 Å². The molecular formula is C16H23NO4. The van der Waals surface area contributed by atoms with Crippen molar-refractivity contribution in [3.8, 4) is 0 Å². The van der Waals surface area contributed by atoms with E-state index in [1.54, 1.807) is 0 Å². The van der Waals surface area contributed by atoms with Gasteiger partial charge < -0.3 is 24.7 Å². The van der Waals surface area contributed by atoms with Gasteiger partial charge in [-0.05, 0) is 12.0 Å². The molecule has 5 heteroatoms. The Morgan fingerprint density at radius 3 is 2.43 bits per heavy atom. The van der Waals surface area contributed by atoms with Crippen molar-refractivity contribution in [1.29, 1.82) is 0 Å². The smallest absolute Gasteiger partial charge is 0.104 e. The van der Waals surface area contributed by atoms with Crippen LogP contribution < -0.4 is 5.73 Å². The number of ether oxygens (including phenoxy) is 4.